The maximum atomic E-state index is 12.9. The molecule has 0 aliphatic carbocycles. The van der Waals surface area contributed by atoms with Crippen molar-refractivity contribution in [3.05, 3.63) is 250 Å². The van der Waals surface area contributed by atoms with Crippen LogP contribution in [0.25, 0.3) is 0 Å². The summed E-state index contributed by atoms with van der Waals surface area (Å²) >= 11 is 9.09. The maximum absolute atomic E-state index is 12.9. The zero-order chi connectivity index (χ0) is 71.5. The molecule has 532 valence electrons. The molecule has 102 heavy (non-hydrogen) atoms. The Morgan fingerprint density at radius 2 is 0.647 bits per heavy atom. The molecule has 4 amide bonds. The van der Waals surface area contributed by atoms with Crippen LogP contribution in [0.5, 0.6) is 23.0 Å². The monoisotopic (exact) mass is 1820 g/mol. The summed E-state index contributed by atoms with van der Waals surface area (Å²) in [6.45, 7) is 15.2. The summed E-state index contributed by atoms with van der Waals surface area (Å²) in [5.41, 5.74) is 38.5. The van der Waals surface area contributed by atoms with Gasteiger partial charge in [-0.15, -0.1) is 0 Å². The van der Waals surface area contributed by atoms with Crippen LogP contribution < -0.4 is 41.9 Å². The summed E-state index contributed by atoms with van der Waals surface area (Å²) in [5.74, 6) is 4.45. The number of rotatable bonds is 8. The summed E-state index contributed by atoms with van der Waals surface area (Å²) < 4.78 is 28.3. The van der Waals surface area contributed by atoms with Crippen molar-refractivity contribution >= 4 is 114 Å². The molecule has 0 unspecified atom stereocenters. The highest BCUT2D eigenvalue weighted by Crippen LogP contribution is 2.50. The van der Waals surface area contributed by atoms with Crippen LogP contribution in [-0.4, -0.2) is 122 Å². The molecule has 8 aliphatic rings. The molecular formula is C82H88I4N8O8. The number of hydrogen-bond donors (Lipinski definition) is 4. The molecule has 0 saturated carbocycles. The first-order chi connectivity index (χ1) is 49.3. The van der Waals surface area contributed by atoms with E-state index in [0.29, 0.717) is 52.6 Å². The van der Waals surface area contributed by atoms with Gasteiger partial charge >= 0.3 is 0 Å². The van der Waals surface area contributed by atoms with E-state index in [1.807, 2.05) is 160 Å². The van der Waals surface area contributed by atoms with Gasteiger partial charge in [-0.05, 0) is 286 Å². The molecule has 4 fully saturated rings. The number of carbonyl (C=O) groups is 4. The van der Waals surface area contributed by atoms with E-state index in [1.54, 1.807) is 0 Å². The Morgan fingerprint density at radius 1 is 0.333 bits per heavy atom. The molecule has 8 aromatic carbocycles. The minimum Gasteiger partial charge on any atom is -0.492 e. The van der Waals surface area contributed by atoms with Crippen molar-refractivity contribution in [3.8, 4) is 23.0 Å². The van der Waals surface area contributed by atoms with Crippen molar-refractivity contribution in [1.82, 2.24) is 19.6 Å². The van der Waals surface area contributed by atoms with Gasteiger partial charge in [0.25, 0.3) is 23.6 Å². The van der Waals surface area contributed by atoms with Crippen molar-refractivity contribution in [1.29, 1.82) is 0 Å². The molecule has 16 rings (SSSR count). The summed E-state index contributed by atoms with van der Waals surface area (Å²) in [6.07, 6.45) is 7.47. The number of nitrogens with zero attached hydrogens (tertiary/aromatic N) is 4. The molecule has 8 aromatic rings. The van der Waals surface area contributed by atoms with Crippen molar-refractivity contribution in [2.24, 2.45) is 22.9 Å². The third-order valence-electron chi connectivity index (χ3n) is 22.4. The van der Waals surface area contributed by atoms with E-state index < -0.39 is 0 Å². The molecule has 8 N–H and O–H groups in total. The maximum Gasteiger partial charge on any atom is 0.253 e. The average molecular weight is 1820 g/mol. The quantitative estimate of drug-likeness (QED) is 0.104. The van der Waals surface area contributed by atoms with Gasteiger partial charge in [0.1, 0.15) is 23.0 Å². The predicted molar refractivity (Wildman–Crippen MR) is 433 cm³/mol. The number of aryl methyl sites for hydroxylation is 2. The second kappa shape index (κ2) is 31.7. The van der Waals surface area contributed by atoms with Gasteiger partial charge in [-0.2, -0.15) is 0 Å². The topological polar surface area (TPSA) is 222 Å². The van der Waals surface area contributed by atoms with Crippen LogP contribution in [0.15, 0.2) is 158 Å². The molecule has 20 heteroatoms. The van der Waals surface area contributed by atoms with Gasteiger partial charge < -0.3 is 61.5 Å². The standard InChI is InChI=1S/2C21H23IN2O2.2C20H21IN2O2/c1-14-10-16(3-4-18(14)22)20(25)24-8-6-21(7-9-24)13-26-19-5-2-15(12-23)11-17(19)21;1-14-2-4-16(11-18(14)22)20(25)24-8-6-21(7-9-24)13-26-19-5-3-15(12-23)10-17(19)21;21-16-4-2-15(3-5-16)19(24)23-9-7-20(8-10-23)13-25-18-6-1-14(12-22)11-17(18)20;21-16-3-1-2-15(11-16)19(24)23-8-6-20(7-9-23)13-25-18-5-4-14(12-22)10-17(18)20/h2*2-5,10-11H,6-9,12-13,23H2,1H3;1-6,11H,7-10,12-13,22H2;1-5,10-11H,6-9,12-13,22H2. The fraction of sp³-hybridized carbons (Fsp3) is 0.366. The number of piperidine rings is 4. The average Bonchev–Trinajstić information content (AvgIpc) is 1.61. The third-order valence-corrected chi connectivity index (χ3v) is 26.2. The van der Waals surface area contributed by atoms with Gasteiger partial charge in [-0.3, -0.25) is 19.2 Å². The van der Waals surface area contributed by atoms with Crippen LogP contribution >= 0.6 is 90.4 Å². The lowest BCUT2D eigenvalue weighted by Crippen LogP contribution is -2.46. The molecular weight excluding hydrogens is 1730 g/mol. The van der Waals surface area contributed by atoms with E-state index in [9.17, 15) is 19.2 Å². The first kappa shape index (κ1) is 73.9. The van der Waals surface area contributed by atoms with E-state index >= 15 is 0 Å². The van der Waals surface area contributed by atoms with Gasteiger partial charge in [0, 0.05) is 159 Å². The fourth-order valence-electron chi connectivity index (χ4n) is 15.8. The number of likely N-dealkylation sites (tertiary alicyclic amines) is 4. The van der Waals surface area contributed by atoms with E-state index in [1.165, 1.54) is 31.4 Å². The van der Waals surface area contributed by atoms with Crippen molar-refractivity contribution in [2.45, 2.75) is 113 Å². The normalized spacial score (nSPS) is 18.0. The van der Waals surface area contributed by atoms with Gasteiger partial charge in [0.2, 0.25) is 0 Å². The molecule has 0 bridgehead atoms. The number of benzene rings is 8. The lowest BCUT2D eigenvalue weighted by Gasteiger charge is -2.38. The number of hydrogen-bond acceptors (Lipinski definition) is 12. The van der Waals surface area contributed by atoms with Crippen LogP contribution in [0, 0.1) is 28.1 Å². The van der Waals surface area contributed by atoms with E-state index in [4.69, 9.17) is 41.9 Å². The van der Waals surface area contributed by atoms with Gasteiger partial charge in [-0.1, -0.05) is 60.7 Å². The summed E-state index contributed by atoms with van der Waals surface area (Å²) in [7, 11) is 0. The zero-order valence-corrected chi connectivity index (χ0v) is 66.5. The molecule has 8 aliphatic heterocycles. The number of halogens is 4. The molecule has 16 nitrogen and oxygen atoms in total. The van der Waals surface area contributed by atoms with E-state index in [0.717, 1.165) is 188 Å². The Kier molecular flexibility index (Phi) is 23.0. The van der Waals surface area contributed by atoms with Crippen molar-refractivity contribution in [2.75, 3.05) is 78.8 Å². The largest absolute Gasteiger partial charge is 0.492 e. The van der Waals surface area contributed by atoms with E-state index in [-0.39, 0.29) is 45.3 Å². The number of fused-ring (bicyclic) bond motifs is 8. The van der Waals surface area contributed by atoms with Crippen LogP contribution in [0.2, 0.25) is 0 Å². The van der Waals surface area contributed by atoms with Crippen molar-refractivity contribution in [3.63, 3.8) is 0 Å². The molecule has 0 atom stereocenters. The van der Waals surface area contributed by atoms with Crippen molar-refractivity contribution < 1.29 is 38.1 Å². The zero-order valence-electron chi connectivity index (χ0n) is 57.9. The Morgan fingerprint density at radius 3 is 0.971 bits per heavy atom. The van der Waals surface area contributed by atoms with Gasteiger partial charge in [0.15, 0.2) is 0 Å². The molecule has 0 aromatic heterocycles. The first-order valence-corrected chi connectivity index (χ1v) is 39.6. The molecule has 4 spiro atoms. The number of amides is 4. The lowest BCUT2D eigenvalue weighted by molar-refractivity contribution is 0.0639. The Labute approximate surface area is 653 Å². The SMILES string of the molecule is Cc1cc(C(=O)N2CCC3(CC2)COc2ccc(CN)cc23)ccc1I.Cc1ccc(C(=O)N2CCC3(CC2)COc2ccc(CN)cc23)cc1I.NCc1ccc2c(c1)C1(CCN(C(=O)c3ccc(I)cc3)CC1)CO2.NCc1ccc2c(c1)C1(CCN(C(=O)c3cccc(I)c3)CC1)CO2. The fourth-order valence-corrected chi connectivity index (χ4v) is 17.6. The smallest absolute Gasteiger partial charge is 0.253 e. The highest BCUT2D eigenvalue weighted by Gasteiger charge is 2.48. The van der Waals surface area contributed by atoms with Gasteiger partial charge in [-0.25, -0.2) is 0 Å². The van der Waals surface area contributed by atoms with E-state index in [2.05, 4.69) is 122 Å². The molecule has 8 heterocycles. The second-order valence-corrected chi connectivity index (χ2v) is 33.3. The first-order valence-electron chi connectivity index (χ1n) is 35.3. The second-order valence-electron chi connectivity index (χ2n) is 28.5. The highest BCUT2D eigenvalue weighted by atomic mass is 127. The summed E-state index contributed by atoms with van der Waals surface area (Å²) in [4.78, 5) is 59.2. The third kappa shape index (κ3) is 15.5. The lowest BCUT2D eigenvalue weighted by atomic mass is 9.74. The Bertz CT molecular complexity index is 4300. The van der Waals surface area contributed by atoms with Crippen LogP contribution in [0.3, 0.4) is 0 Å². The number of ether oxygens (including phenoxy) is 4. The minimum atomic E-state index is 0.0268. The van der Waals surface area contributed by atoms with Crippen LogP contribution in [-0.2, 0) is 47.8 Å². The van der Waals surface area contributed by atoms with Crippen LogP contribution in [0.1, 0.15) is 148 Å². The van der Waals surface area contributed by atoms with Crippen LogP contribution in [0.4, 0.5) is 0 Å². The Hall–Kier alpha value is -6.40. The highest BCUT2D eigenvalue weighted by molar-refractivity contribution is 14.1. The predicted octanol–water partition coefficient (Wildman–Crippen LogP) is 13.9. The molecule has 0 radical (unpaired) electrons. The number of nitrogens with two attached hydrogens (primary N) is 4. The minimum absolute atomic E-state index is 0.0268. The summed E-state index contributed by atoms with van der Waals surface area (Å²) in [5, 5.41) is 0. The number of carbonyl (C=O) groups excluding carboxylic acids is 4. The Balaban J connectivity index is 0.000000121. The molecule has 4 saturated heterocycles. The summed E-state index contributed by atoms with van der Waals surface area (Å²) in [6, 6.07) is 52.6. The van der Waals surface area contributed by atoms with Gasteiger partial charge in [0.05, 0.1) is 26.4 Å².